The quantitative estimate of drug-likeness (QED) is 0.481. The van der Waals surface area contributed by atoms with Crippen LogP contribution in [0.25, 0.3) is 11.1 Å². The van der Waals surface area contributed by atoms with E-state index in [1.165, 1.54) is 25.7 Å². The van der Waals surface area contributed by atoms with Gasteiger partial charge in [0.05, 0.1) is 13.2 Å². The summed E-state index contributed by atoms with van der Waals surface area (Å²) in [5.74, 6) is 6.74. The van der Waals surface area contributed by atoms with Crippen LogP contribution in [0.5, 0.6) is 0 Å². The van der Waals surface area contributed by atoms with Gasteiger partial charge < -0.3 is 9.47 Å². The molecule has 1 aliphatic rings. The monoisotopic (exact) mass is 368 g/mol. The maximum absolute atomic E-state index is 5.94. The summed E-state index contributed by atoms with van der Waals surface area (Å²) in [5, 5.41) is 0.747. The lowest BCUT2D eigenvalue weighted by atomic mass is 10.0. The lowest BCUT2D eigenvalue weighted by molar-refractivity contribution is -0.170. The number of halogens is 1. The molecular weight excluding hydrogens is 344 g/mol. The molecule has 136 valence electrons. The standard InChI is InChI=1S/C23H25ClO2/c1-2-3-4-5-19-16-25-23(26-17-19)15-8-18-6-9-20(10-7-18)21-11-13-22(24)14-12-21/h6-7,9-14,19,23H,2-5,16-17H2,1H3. The summed E-state index contributed by atoms with van der Waals surface area (Å²) in [5.41, 5.74) is 3.24. The average molecular weight is 369 g/mol. The summed E-state index contributed by atoms with van der Waals surface area (Å²) in [6.45, 7) is 3.72. The van der Waals surface area contributed by atoms with Crippen LogP contribution in [0.15, 0.2) is 48.5 Å². The van der Waals surface area contributed by atoms with Crippen LogP contribution in [0.1, 0.15) is 38.2 Å². The minimum absolute atomic E-state index is 0.409. The molecule has 0 aliphatic carbocycles. The summed E-state index contributed by atoms with van der Waals surface area (Å²) < 4.78 is 11.5. The van der Waals surface area contributed by atoms with E-state index in [0.29, 0.717) is 5.92 Å². The predicted molar refractivity (Wildman–Crippen MR) is 107 cm³/mol. The van der Waals surface area contributed by atoms with Gasteiger partial charge in [0.15, 0.2) is 0 Å². The fourth-order valence-corrected chi connectivity index (χ4v) is 3.13. The largest absolute Gasteiger partial charge is 0.342 e. The molecule has 2 nitrogen and oxygen atoms in total. The first kappa shape index (κ1) is 19.0. The van der Waals surface area contributed by atoms with E-state index in [9.17, 15) is 0 Å². The van der Waals surface area contributed by atoms with E-state index in [-0.39, 0.29) is 0 Å². The summed E-state index contributed by atoms with van der Waals surface area (Å²) in [6.07, 6.45) is 4.56. The molecule has 1 aliphatic heterocycles. The molecule has 0 unspecified atom stereocenters. The van der Waals surface area contributed by atoms with Crippen molar-refractivity contribution in [2.75, 3.05) is 13.2 Å². The van der Waals surface area contributed by atoms with Gasteiger partial charge >= 0.3 is 0 Å². The second kappa shape index (κ2) is 9.78. The van der Waals surface area contributed by atoms with Crippen molar-refractivity contribution in [2.45, 2.75) is 38.9 Å². The molecule has 1 saturated heterocycles. The van der Waals surface area contributed by atoms with Crippen LogP contribution in [0.4, 0.5) is 0 Å². The first-order valence-electron chi connectivity index (χ1n) is 9.35. The molecule has 0 aromatic heterocycles. The molecule has 3 heteroatoms. The van der Waals surface area contributed by atoms with Crippen molar-refractivity contribution >= 4 is 11.6 Å². The second-order valence-electron chi connectivity index (χ2n) is 6.71. The molecular formula is C23H25ClO2. The number of hydrogen-bond acceptors (Lipinski definition) is 2. The fourth-order valence-electron chi connectivity index (χ4n) is 3.01. The SMILES string of the molecule is CCCCCC1COC(C#Cc2ccc(-c3ccc(Cl)cc3)cc2)OC1. The summed E-state index contributed by atoms with van der Waals surface area (Å²) in [6, 6.07) is 16.0. The van der Waals surface area contributed by atoms with Crippen LogP contribution >= 0.6 is 11.6 Å². The number of ether oxygens (including phenoxy) is 2. The zero-order valence-electron chi connectivity index (χ0n) is 15.2. The van der Waals surface area contributed by atoms with Gasteiger partial charge in [-0.15, -0.1) is 0 Å². The van der Waals surface area contributed by atoms with Gasteiger partial charge in [-0.25, -0.2) is 0 Å². The van der Waals surface area contributed by atoms with Crippen LogP contribution in [0.3, 0.4) is 0 Å². The van der Waals surface area contributed by atoms with E-state index in [1.807, 2.05) is 36.4 Å². The average Bonchev–Trinajstić information content (AvgIpc) is 2.69. The molecule has 0 N–H and O–H groups in total. The van der Waals surface area contributed by atoms with Gasteiger partial charge in [0.1, 0.15) is 0 Å². The summed E-state index contributed by atoms with van der Waals surface area (Å²) in [4.78, 5) is 0. The van der Waals surface area contributed by atoms with E-state index >= 15 is 0 Å². The number of rotatable bonds is 5. The molecule has 0 spiro atoms. The van der Waals surface area contributed by atoms with Crippen molar-refractivity contribution < 1.29 is 9.47 Å². The first-order chi connectivity index (χ1) is 12.7. The van der Waals surface area contributed by atoms with Gasteiger partial charge in [-0.05, 0) is 47.7 Å². The predicted octanol–water partition coefficient (Wildman–Crippen LogP) is 5.93. The molecule has 0 saturated carbocycles. The third-order valence-electron chi connectivity index (χ3n) is 4.58. The normalized spacial score (nSPS) is 19.6. The van der Waals surface area contributed by atoms with Gasteiger partial charge in [-0.3, -0.25) is 0 Å². The van der Waals surface area contributed by atoms with E-state index in [0.717, 1.165) is 34.9 Å². The zero-order valence-corrected chi connectivity index (χ0v) is 16.0. The molecule has 0 radical (unpaired) electrons. The topological polar surface area (TPSA) is 18.5 Å². The molecule has 1 fully saturated rings. The lowest BCUT2D eigenvalue weighted by Crippen LogP contribution is -2.31. The van der Waals surface area contributed by atoms with Crippen LogP contribution in [0, 0.1) is 17.8 Å². The third-order valence-corrected chi connectivity index (χ3v) is 4.83. The van der Waals surface area contributed by atoms with Crippen molar-refractivity contribution in [3.63, 3.8) is 0 Å². The first-order valence-corrected chi connectivity index (χ1v) is 9.73. The highest BCUT2D eigenvalue weighted by Gasteiger charge is 2.20. The van der Waals surface area contributed by atoms with Crippen molar-refractivity contribution in [3.05, 3.63) is 59.1 Å². The molecule has 26 heavy (non-hydrogen) atoms. The van der Waals surface area contributed by atoms with Crippen molar-refractivity contribution in [2.24, 2.45) is 5.92 Å². The van der Waals surface area contributed by atoms with E-state index in [1.54, 1.807) is 0 Å². The van der Waals surface area contributed by atoms with Crippen LogP contribution in [-0.2, 0) is 9.47 Å². The molecule has 1 heterocycles. The number of hydrogen-bond donors (Lipinski definition) is 0. The van der Waals surface area contributed by atoms with Gasteiger partial charge in [0.2, 0.25) is 6.29 Å². The van der Waals surface area contributed by atoms with Crippen LogP contribution in [-0.4, -0.2) is 19.5 Å². The Morgan fingerprint density at radius 1 is 0.923 bits per heavy atom. The van der Waals surface area contributed by atoms with Gasteiger partial charge in [-0.1, -0.05) is 68.0 Å². The second-order valence-corrected chi connectivity index (χ2v) is 7.15. The van der Waals surface area contributed by atoms with Crippen molar-refractivity contribution in [3.8, 4) is 23.0 Å². The fraction of sp³-hybridized carbons (Fsp3) is 0.391. The summed E-state index contributed by atoms with van der Waals surface area (Å²) in [7, 11) is 0. The van der Waals surface area contributed by atoms with Gasteiger partial charge in [-0.2, -0.15) is 0 Å². The molecule has 0 atom stereocenters. The Hall–Kier alpha value is -1.79. The minimum atomic E-state index is -0.409. The Morgan fingerprint density at radius 2 is 1.54 bits per heavy atom. The van der Waals surface area contributed by atoms with E-state index < -0.39 is 6.29 Å². The van der Waals surface area contributed by atoms with Gasteiger partial charge in [0.25, 0.3) is 0 Å². The highest BCUT2D eigenvalue weighted by Crippen LogP contribution is 2.22. The Bertz CT molecular complexity index is 733. The summed E-state index contributed by atoms with van der Waals surface area (Å²) >= 11 is 5.94. The molecule has 2 aromatic carbocycles. The van der Waals surface area contributed by atoms with E-state index in [2.05, 4.69) is 30.9 Å². The lowest BCUT2D eigenvalue weighted by Gasteiger charge is -2.26. The molecule has 2 aromatic rings. The Labute approximate surface area is 161 Å². The Kier molecular flexibility index (Phi) is 7.14. The Morgan fingerprint density at radius 3 is 2.15 bits per heavy atom. The maximum atomic E-state index is 5.94. The molecule has 3 rings (SSSR count). The Balaban J connectivity index is 1.52. The van der Waals surface area contributed by atoms with Gasteiger partial charge in [0, 0.05) is 16.5 Å². The third kappa shape index (κ3) is 5.61. The zero-order chi connectivity index (χ0) is 18.2. The number of benzene rings is 2. The van der Waals surface area contributed by atoms with Crippen LogP contribution in [0.2, 0.25) is 5.02 Å². The number of unbranched alkanes of at least 4 members (excludes halogenated alkanes) is 2. The highest BCUT2D eigenvalue weighted by atomic mass is 35.5. The highest BCUT2D eigenvalue weighted by molar-refractivity contribution is 6.30. The molecule has 0 amide bonds. The maximum Gasteiger partial charge on any atom is 0.222 e. The minimum Gasteiger partial charge on any atom is -0.342 e. The molecule has 0 bridgehead atoms. The van der Waals surface area contributed by atoms with E-state index in [4.69, 9.17) is 21.1 Å². The van der Waals surface area contributed by atoms with Crippen LogP contribution < -0.4 is 0 Å². The van der Waals surface area contributed by atoms with Crippen molar-refractivity contribution in [1.82, 2.24) is 0 Å². The smallest absolute Gasteiger partial charge is 0.222 e. The van der Waals surface area contributed by atoms with Crippen molar-refractivity contribution in [1.29, 1.82) is 0 Å².